The molecule has 0 spiro atoms. The second kappa shape index (κ2) is 10.3. The summed E-state index contributed by atoms with van der Waals surface area (Å²) in [5, 5.41) is 16.7. The number of nitrogens with one attached hydrogen (secondary N) is 2. The molecule has 1 heterocycles. The van der Waals surface area contributed by atoms with Crippen LogP contribution in [-0.4, -0.2) is 29.2 Å². The molecule has 36 heavy (non-hydrogen) atoms. The Morgan fingerprint density at radius 1 is 1.08 bits per heavy atom. The minimum absolute atomic E-state index is 0.0349. The molecule has 0 saturated carbocycles. The Morgan fingerprint density at radius 3 is 2.50 bits per heavy atom. The van der Waals surface area contributed by atoms with Crippen molar-refractivity contribution in [3.05, 3.63) is 99.9 Å². The van der Waals surface area contributed by atoms with Gasteiger partial charge in [-0.3, -0.25) is 24.5 Å². The van der Waals surface area contributed by atoms with Crippen molar-refractivity contribution in [3.63, 3.8) is 0 Å². The maximum Gasteiger partial charge on any atom is 0.306 e. The van der Waals surface area contributed by atoms with E-state index in [9.17, 15) is 28.9 Å². The number of benzene rings is 3. The highest BCUT2D eigenvalue weighted by Gasteiger charge is 2.36. The van der Waals surface area contributed by atoms with Crippen LogP contribution in [-0.2, 0) is 9.59 Å². The van der Waals surface area contributed by atoms with Crippen LogP contribution in [0.3, 0.4) is 0 Å². The second-order valence-corrected chi connectivity index (χ2v) is 8.44. The van der Waals surface area contributed by atoms with Crippen LogP contribution in [0.4, 0.5) is 21.5 Å². The number of rotatable bonds is 7. The first-order valence-electron chi connectivity index (χ1n) is 11.2. The van der Waals surface area contributed by atoms with E-state index in [0.717, 1.165) is 17.7 Å². The van der Waals surface area contributed by atoms with Gasteiger partial charge < -0.3 is 15.5 Å². The predicted octanol–water partition coefficient (Wildman–Crippen LogP) is 4.22. The quantitative estimate of drug-likeness (QED) is 0.379. The third-order valence-corrected chi connectivity index (χ3v) is 6.01. The molecule has 0 bridgehead atoms. The summed E-state index contributed by atoms with van der Waals surface area (Å²) in [6.07, 6.45) is -0.129. The fraction of sp³-hybridized carbons (Fsp3) is 0.192. The number of anilines is 2. The molecule has 0 aliphatic carbocycles. The van der Waals surface area contributed by atoms with Gasteiger partial charge >= 0.3 is 5.69 Å². The van der Waals surface area contributed by atoms with E-state index in [-0.39, 0.29) is 36.2 Å². The molecule has 1 aliphatic rings. The Labute approximate surface area is 206 Å². The molecule has 0 unspecified atom stereocenters. The first-order chi connectivity index (χ1) is 17.2. The minimum Gasteiger partial charge on any atom is -0.345 e. The van der Waals surface area contributed by atoms with Crippen LogP contribution in [0.15, 0.2) is 72.8 Å². The van der Waals surface area contributed by atoms with E-state index < -0.39 is 34.2 Å². The summed E-state index contributed by atoms with van der Waals surface area (Å²) in [7, 11) is 0. The number of hydrogen-bond donors (Lipinski definition) is 2. The first kappa shape index (κ1) is 24.5. The van der Waals surface area contributed by atoms with E-state index in [1.54, 1.807) is 24.3 Å². The molecule has 3 aromatic rings. The van der Waals surface area contributed by atoms with Crippen LogP contribution in [0, 0.1) is 21.8 Å². The van der Waals surface area contributed by atoms with Gasteiger partial charge in [0.25, 0.3) is 5.91 Å². The molecule has 3 amide bonds. The van der Waals surface area contributed by atoms with Gasteiger partial charge in [-0.15, -0.1) is 0 Å². The highest BCUT2D eigenvalue weighted by molar-refractivity contribution is 6.07. The number of hydrogen-bond acceptors (Lipinski definition) is 5. The van der Waals surface area contributed by atoms with Crippen molar-refractivity contribution in [3.8, 4) is 0 Å². The molecular formula is C26H23FN4O5. The van der Waals surface area contributed by atoms with E-state index >= 15 is 0 Å². The Hall–Kier alpha value is -4.60. The Kier molecular flexibility index (Phi) is 7.05. The van der Waals surface area contributed by atoms with E-state index in [4.69, 9.17) is 0 Å². The summed E-state index contributed by atoms with van der Waals surface area (Å²) >= 11 is 0. The summed E-state index contributed by atoms with van der Waals surface area (Å²) in [6.45, 7) is 1.82. The lowest BCUT2D eigenvalue weighted by Gasteiger charge is -2.18. The predicted molar refractivity (Wildman–Crippen MR) is 131 cm³/mol. The summed E-state index contributed by atoms with van der Waals surface area (Å²) in [6, 6.07) is 18.9. The number of carbonyl (C=O) groups excluding carboxylic acids is 3. The summed E-state index contributed by atoms with van der Waals surface area (Å²) < 4.78 is 13.7. The number of amides is 3. The second-order valence-electron chi connectivity index (χ2n) is 8.44. The fourth-order valence-electron chi connectivity index (χ4n) is 4.07. The van der Waals surface area contributed by atoms with Gasteiger partial charge in [-0.05, 0) is 36.8 Å². The van der Waals surface area contributed by atoms with Crippen molar-refractivity contribution in [1.82, 2.24) is 5.32 Å². The zero-order valence-corrected chi connectivity index (χ0v) is 19.3. The van der Waals surface area contributed by atoms with Gasteiger partial charge in [-0.2, -0.15) is 4.39 Å². The fourth-order valence-corrected chi connectivity index (χ4v) is 4.07. The molecule has 0 radical (unpaired) electrons. The van der Waals surface area contributed by atoms with Gasteiger partial charge in [0.15, 0.2) is 0 Å². The largest absolute Gasteiger partial charge is 0.345 e. The van der Waals surface area contributed by atoms with Crippen molar-refractivity contribution >= 4 is 34.8 Å². The first-order valence-corrected chi connectivity index (χ1v) is 11.2. The van der Waals surface area contributed by atoms with Gasteiger partial charge in [-0.25, -0.2) is 0 Å². The Bertz CT molecular complexity index is 1330. The van der Waals surface area contributed by atoms with Gasteiger partial charge in [0, 0.05) is 19.0 Å². The average Bonchev–Trinajstić information content (AvgIpc) is 3.26. The number of para-hydroxylation sites is 1. The molecule has 4 rings (SSSR count). The number of nitro benzene ring substituents is 1. The van der Waals surface area contributed by atoms with Crippen molar-refractivity contribution in [2.75, 3.05) is 16.8 Å². The average molecular weight is 490 g/mol. The lowest BCUT2D eigenvalue weighted by Crippen LogP contribution is -2.30. The lowest BCUT2D eigenvalue weighted by atomic mass is 10.1. The zero-order chi connectivity index (χ0) is 25.8. The molecule has 1 aliphatic heterocycles. The smallest absolute Gasteiger partial charge is 0.306 e. The molecule has 2 atom stereocenters. The number of carbonyl (C=O) groups is 3. The molecule has 1 fully saturated rings. The maximum absolute atomic E-state index is 13.7. The van der Waals surface area contributed by atoms with Gasteiger partial charge in [0.2, 0.25) is 17.6 Å². The third kappa shape index (κ3) is 5.22. The zero-order valence-electron chi connectivity index (χ0n) is 19.3. The van der Waals surface area contributed by atoms with Gasteiger partial charge in [-0.1, -0.05) is 42.5 Å². The van der Waals surface area contributed by atoms with Crippen molar-refractivity contribution < 1.29 is 23.7 Å². The molecule has 0 aromatic heterocycles. The SMILES string of the molecule is C[C@H](NC(=O)c1ccccc1NC(=O)[C@@H]1CC(=O)N(c2ccc(F)c([N+](=O)[O-])c2)C1)c1ccccc1. The van der Waals surface area contributed by atoms with Crippen LogP contribution in [0.25, 0.3) is 0 Å². The topological polar surface area (TPSA) is 122 Å². The molecule has 184 valence electrons. The normalized spacial score (nSPS) is 15.9. The highest BCUT2D eigenvalue weighted by atomic mass is 19.1. The monoisotopic (exact) mass is 490 g/mol. The number of nitro groups is 1. The minimum atomic E-state index is -1.01. The Morgan fingerprint density at radius 2 is 1.78 bits per heavy atom. The summed E-state index contributed by atoms with van der Waals surface area (Å²) in [5.41, 5.74) is 0.876. The van der Waals surface area contributed by atoms with Crippen molar-refractivity contribution in [2.24, 2.45) is 5.92 Å². The lowest BCUT2D eigenvalue weighted by molar-refractivity contribution is -0.387. The summed E-state index contributed by atoms with van der Waals surface area (Å²) in [4.78, 5) is 49.9. The van der Waals surface area contributed by atoms with E-state index in [2.05, 4.69) is 10.6 Å². The van der Waals surface area contributed by atoms with Crippen molar-refractivity contribution in [1.29, 1.82) is 0 Å². The Balaban J connectivity index is 1.46. The standard InChI is InChI=1S/C26H23FN4O5/c1-16(17-7-3-2-4-8-17)28-26(34)20-9-5-6-10-22(20)29-25(33)18-13-24(32)30(15-18)19-11-12-21(27)23(14-19)31(35)36/h2-12,14,16,18H,13,15H2,1H3,(H,28,34)(H,29,33)/t16-,18+/m0/s1. The van der Waals surface area contributed by atoms with Crippen LogP contribution >= 0.6 is 0 Å². The molecular weight excluding hydrogens is 467 g/mol. The van der Waals surface area contributed by atoms with Crippen molar-refractivity contribution in [2.45, 2.75) is 19.4 Å². The number of halogens is 1. The van der Waals surface area contributed by atoms with E-state index in [0.29, 0.717) is 5.69 Å². The molecule has 1 saturated heterocycles. The van der Waals surface area contributed by atoms with Gasteiger partial charge in [0.1, 0.15) is 0 Å². The van der Waals surface area contributed by atoms with Gasteiger partial charge in [0.05, 0.1) is 33.8 Å². The van der Waals surface area contributed by atoms with Crippen LogP contribution in [0.2, 0.25) is 0 Å². The third-order valence-electron chi connectivity index (χ3n) is 6.01. The van der Waals surface area contributed by atoms with Crippen LogP contribution in [0.5, 0.6) is 0 Å². The van der Waals surface area contributed by atoms with E-state index in [1.807, 2.05) is 37.3 Å². The number of nitrogens with zero attached hydrogens (tertiary/aromatic N) is 2. The highest BCUT2D eigenvalue weighted by Crippen LogP contribution is 2.30. The van der Waals surface area contributed by atoms with Crippen LogP contribution in [0.1, 0.15) is 35.3 Å². The van der Waals surface area contributed by atoms with Crippen LogP contribution < -0.4 is 15.5 Å². The van der Waals surface area contributed by atoms with E-state index in [1.165, 1.54) is 11.0 Å². The molecule has 2 N–H and O–H groups in total. The molecule has 9 nitrogen and oxygen atoms in total. The molecule has 3 aromatic carbocycles. The molecule has 10 heteroatoms. The maximum atomic E-state index is 13.7. The summed E-state index contributed by atoms with van der Waals surface area (Å²) in [5.74, 6) is -3.04.